The third-order valence-corrected chi connectivity index (χ3v) is 11.2. The van der Waals surface area contributed by atoms with Gasteiger partial charge >= 0.3 is 6.09 Å². The monoisotopic (exact) mass is 758 g/mol. The van der Waals surface area contributed by atoms with E-state index in [2.05, 4.69) is 16.0 Å². The first-order valence-corrected chi connectivity index (χ1v) is 18.8. The van der Waals surface area contributed by atoms with Gasteiger partial charge in [0.15, 0.2) is 0 Å². The third kappa shape index (κ3) is 13.9. The molecule has 0 saturated heterocycles. The number of nitrogens with two attached hydrogens (primary N) is 1. The summed E-state index contributed by atoms with van der Waals surface area (Å²) in [6, 6.07) is 6.58. The van der Waals surface area contributed by atoms with Crippen molar-refractivity contribution < 1.29 is 45.4 Å². The van der Waals surface area contributed by atoms with Crippen molar-refractivity contribution in [2.24, 2.45) is 5.73 Å². The number of hydrogen-bond donors (Lipinski definition) is 4. The predicted octanol–water partition coefficient (Wildman–Crippen LogP) is 1.58. The minimum atomic E-state index is -3.86. The van der Waals surface area contributed by atoms with Crippen LogP contribution in [0.3, 0.4) is 0 Å². The number of carbonyl (C=O) groups excluding carboxylic acids is 3. The van der Waals surface area contributed by atoms with Crippen LogP contribution in [0.15, 0.2) is 34.1 Å². The quantitative estimate of drug-likeness (QED) is 0.191. The molecule has 0 atom stereocenters. The molecule has 0 aliphatic carbocycles. The molecule has 0 bridgehead atoms. The minimum Gasteiger partial charge on any atom is -0.497 e. The molecular weight excluding hydrogens is 705 g/mol. The molecule has 2 rings (SSSR count). The number of aryl methyl sites for hydroxylation is 4. The molecule has 0 fully saturated rings. The molecule has 51 heavy (non-hydrogen) atoms. The Labute approximate surface area is 302 Å². The fourth-order valence-electron chi connectivity index (χ4n) is 4.76. The van der Waals surface area contributed by atoms with Crippen LogP contribution in [-0.2, 0) is 34.4 Å². The van der Waals surface area contributed by atoms with Crippen LogP contribution in [0, 0.1) is 27.7 Å². The molecule has 0 heterocycles. The molecule has 0 aromatic heterocycles. The van der Waals surface area contributed by atoms with Crippen LogP contribution >= 0.6 is 0 Å². The number of nitrogens with zero attached hydrogens (tertiary/aromatic N) is 2. The summed E-state index contributed by atoms with van der Waals surface area (Å²) >= 11 is 0. The normalized spacial score (nSPS) is 11.7. The number of alkyl carbamates (subject to hydrolysis) is 1. The van der Waals surface area contributed by atoms with Crippen molar-refractivity contribution in [3.05, 3.63) is 46.5 Å². The van der Waals surface area contributed by atoms with Crippen molar-refractivity contribution in [3.8, 4) is 11.5 Å². The van der Waals surface area contributed by atoms with Gasteiger partial charge in [-0.2, -0.15) is 8.61 Å². The van der Waals surface area contributed by atoms with Crippen LogP contribution in [0.2, 0.25) is 0 Å². The number of amides is 3. The molecule has 2 aromatic rings. The maximum atomic E-state index is 12.9. The van der Waals surface area contributed by atoms with Crippen molar-refractivity contribution in [1.82, 2.24) is 24.6 Å². The molecule has 288 valence electrons. The van der Waals surface area contributed by atoms with E-state index >= 15 is 0 Å². The van der Waals surface area contributed by atoms with Gasteiger partial charge in [0.2, 0.25) is 31.9 Å². The molecule has 3 amide bonds. The van der Waals surface area contributed by atoms with Gasteiger partial charge in [-0.3, -0.25) is 9.59 Å². The first-order valence-electron chi connectivity index (χ1n) is 15.9. The van der Waals surface area contributed by atoms with E-state index in [9.17, 15) is 31.2 Å². The van der Waals surface area contributed by atoms with Gasteiger partial charge in [-0.1, -0.05) is 0 Å². The standard InChI is InChI=1S/C19H31N3O6S.C14H23N3O4S/c1-13-10-15(27-7)11-14(2)17(13)29(25,26)22(6)12-16(23)20-8-9-21-18(24)28-19(3,4)5;1-10-7-12(21-4)8-11(2)14(10)22(19,20)17(3)9-13(18)16-6-5-15/h10-11H,8-9,12H2,1-7H3,(H,20,23)(H,21,24);7-8H,5-6,9,15H2,1-4H3,(H,16,18). The Morgan fingerprint density at radius 2 is 1.00 bits per heavy atom. The molecule has 16 nitrogen and oxygen atoms in total. The SMILES string of the molecule is COc1cc(C)c(S(=O)(=O)N(C)CC(=O)NCCN)c(C)c1.COc1cc(C)c(S(=O)(=O)N(C)CC(=O)NCCNC(=O)OC(C)(C)C)c(C)c1. The van der Waals surface area contributed by atoms with Crippen LogP contribution in [0.4, 0.5) is 4.79 Å². The average molecular weight is 759 g/mol. The fourth-order valence-corrected chi connectivity index (χ4v) is 7.82. The number of ether oxygens (including phenoxy) is 3. The maximum absolute atomic E-state index is 12.9. The van der Waals surface area contributed by atoms with Gasteiger partial charge in [-0.05, 0) is 95.0 Å². The summed E-state index contributed by atoms with van der Waals surface area (Å²) < 4.78 is 68.5. The number of methoxy groups -OCH3 is 2. The summed E-state index contributed by atoms with van der Waals surface area (Å²) in [6.45, 7) is 12.3. The highest BCUT2D eigenvalue weighted by atomic mass is 32.2. The van der Waals surface area contributed by atoms with Crippen molar-refractivity contribution in [2.45, 2.75) is 63.9 Å². The number of rotatable bonds is 15. The van der Waals surface area contributed by atoms with Gasteiger partial charge in [0.25, 0.3) is 0 Å². The van der Waals surface area contributed by atoms with Crippen LogP contribution in [0.5, 0.6) is 11.5 Å². The molecule has 5 N–H and O–H groups in total. The highest BCUT2D eigenvalue weighted by Gasteiger charge is 2.28. The van der Waals surface area contributed by atoms with Crippen LogP contribution in [0.1, 0.15) is 43.0 Å². The number of sulfonamides is 2. The molecule has 0 unspecified atom stereocenters. The topological polar surface area (TPSA) is 216 Å². The lowest BCUT2D eigenvalue weighted by molar-refractivity contribution is -0.121. The molecule has 18 heteroatoms. The number of hydrogen-bond acceptors (Lipinski definition) is 11. The van der Waals surface area contributed by atoms with E-state index in [4.69, 9.17) is 19.9 Å². The zero-order chi connectivity index (χ0) is 39.3. The largest absolute Gasteiger partial charge is 0.497 e. The second-order valence-electron chi connectivity index (χ2n) is 12.6. The van der Waals surface area contributed by atoms with Gasteiger partial charge < -0.3 is 35.9 Å². The molecule has 0 radical (unpaired) electrons. The fraction of sp³-hybridized carbons (Fsp3) is 0.545. The third-order valence-electron chi connectivity index (χ3n) is 6.99. The van der Waals surface area contributed by atoms with Crippen molar-refractivity contribution in [1.29, 1.82) is 0 Å². The van der Waals surface area contributed by atoms with Crippen LogP contribution in [0.25, 0.3) is 0 Å². The number of carbonyl (C=O) groups is 3. The zero-order valence-electron chi connectivity index (χ0n) is 31.4. The second-order valence-corrected chi connectivity index (χ2v) is 16.6. The molecule has 0 aliphatic rings. The lowest BCUT2D eigenvalue weighted by Crippen LogP contribution is -2.42. The average Bonchev–Trinajstić information content (AvgIpc) is 3.00. The van der Waals surface area contributed by atoms with E-state index in [0.717, 1.165) is 8.61 Å². The van der Waals surface area contributed by atoms with Crippen molar-refractivity contribution >= 4 is 38.0 Å². The Balaban J connectivity index is 0.000000530. The summed E-state index contributed by atoms with van der Waals surface area (Å²) in [5.74, 6) is 0.292. The molecule has 2 aromatic carbocycles. The number of nitrogens with one attached hydrogen (secondary N) is 3. The van der Waals surface area contributed by atoms with Gasteiger partial charge in [0.05, 0.1) is 37.1 Å². The van der Waals surface area contributed by atoms with Crippen LogP contribution in [-0.4, -0.2) is 117 Å². The molecule has 0 aliphatic heterocycles. The Kier molecular flexibility index (Phi) is 17.3. The molecule has 0 saturated carbocycles. The lowest BCUT2D eigenvalue weighted by Gasteiger charge is -2.21. The first kappa shape index (κ1) is 45.1. The highest BCUT2D eigenvalue weighted by molar-refractivity contribution is 7.89. The summed E-state index contributed by atoms with van der Waals surface area (Å²) in [5, 5.41) is 7.62. The van der Waals surface area contributed by atoms with Crippen LogP contribution < -0.4 is 31.2 Å². The Hall–Kier alpha value is -3.97. The smallest absolute Gasteiger partial charge is 0.407 e. The first-order chi connectivity index (χ1) is 23.5. The predicted molar refractivity (Wildman–Crippen MR) is 194 cm³/mol. The summed E-state index contributed by atoms with van der Waals surface area (Å²) in [7, 11) is -1.86. The molecular formula is C33H54N6O10S2. The summed E-state index contributed by atoms with van der Waals surface area (Å²) in [6.07, 6.45) is -0.586. The second kappa shape index (κ2) is 19.6. The highest BCUT2D eigenvalue weighted by Crippen LogP contribution is 2.29. The number of benzene rings is 2. The Bertz CT molecular complexity index is 1700. The van der Waals surface area contributed by atoms with Gasteiger partial charge in [0, 0.05) is 40.3 Å². The zero-order valence-corrected chi connectivity index (χ0v) is 33.1. The van der Waals surface area contributed by atoms with E-state index in [1.54, 1.807) is 72.7 Å². The minimum absolute atomic E-state index is 0.145. The number of likely N-dealkylation sites (N-methyl/N-ethyl adjacent to an activating group) is 2. The van der Waals surface area contributed by atoms with Gasteiger partial charge in [-0.15, -0.1) is 0 Å². The Morgan fingerprint density at radius 1 is 0.667 bits per heavy atom. The van der Waals surface area contributed by atoms with Crippen molar-refractivity contribution in [2.75, 3.05) is 67.6 Å². The van der Waals surface area contributed by atoms with Gasteiger partial charge in [0.1, 0.15) is 17.1 Å². The van der Waals surface area contributed by atoms with E-state index in [0.29, 0.717) is 46.8 Å². The Morgan fingerprint density at radius 3 is 1.31 bits per heavy atom. The van der Waals surface area contributed by atoms with E-state index < -0.39 is 37.6 Å². The molecule has 0 spiro atoms. The summed E-state index contributed by atoms with van der Waals surface area (Å²) in [5.41, 5.74) is 6.91. The van der Waals surface area contributed by atoms with E-state index in [1.165, 1.54) is 28.3 Å². The maximum Gasteiger partial charge on any atom is 0.407 e. The summed E-state index contributed by atoms with van der Waals surface area (Å²) in [4.78, 5) is 35.6. The van der Waals surface area contributed by atoms with Gasteiger partial charge in [-0.25, -0.2) is 21.6 Å². The van der Waals surface area contributed by atoms with E-state index in [1.807, 2.05) is 0 Å². The lowest BCUT2D eigenvalue weighted by atomic mass is 10.1. The van der Waals surface area contributed by atoms with E-state index in [-0.39, 0.29) is 41.9 Å². The van der Waals surface area contributed by atoms with Crippen molar-refractivity contribution in [3.63, 3.8) is 0 Å².